The second kappa shape index (κ2) is 5.47. The molecule has 110 valence electrons. The van der Waals surface area contributed by atoms with Crippen LogP contribution in [0.5, 0.6) is 5.75 Å². The lowest BCUT2D eigenvalue weighted by atomic mass is 9.87. The lowest BCUT2D eigenvalue weighted by molar-refractivity contribution is 0.0927. The molecule has 1 aliphatic rings. The highest BCUT2D eigenvalue weighted by atomic mass is 16.5. The van der Waals surface area contributed by atoms with E-state index >= 15 is 0 Å². The molecule has 1 atom stereocenters. The normalized spacial score (nSPS) is 17.1. The van der Waals surface area contributed by atoms with Gasteiger partial charge in [-0.05, 0) is 42.5 Å². The number of rotatable bonds is 3. The van der Waals surface area contributed by atoms with E-state index in [0.717, 1.165) is 30.6 Å². The van der Waals surface area contributed by atoms with Gasteiger partial charge in [-0.1, -0.05) is 6.07 Å². The number of nitrogens with zero attached hydrogens (tertiary/aromatic N) is 1. The van der Waals surface area contributed by atoms with Crippen molar-refractivity contribution in [3.8, 4) is 5.75 Å². The number of methoxy groups -OCH3 is 1. The highest BCUT2D eigenvalue weighted by molar-refractivity contribution is 5.93. The molecule has 1 aliphatic carbocycles. The van der Waals surface area contributed by atoms with Gasteiger partial charge in [-0.2, -0.15) is 5.10 Å². The topological polar surface area (TPSA) is 93.0 Å². The molecule has 0 saturated carbocycles. The van der Waals surface area contributed by atoms with Crippen LogP contribution in [-0.2, 0) is 6.42 Å². The number of ether oxygens (including phenoxy) is 1. The number of anilines is 1. The number of hydrogen-bond acceptors (Lipinski definition) is 4. The van der Waals surface area contributed by atoms with Crippen LogP contribution in [0.1, 0.15) is 40.5 Å². The van der Waals surface area contributed by atoms with Crippen LogP contribution in [0.3, 0.4) is 0 Å². The van der Waals surface area contributed by atoms with Crippen molar-refractivity contribution in [2.24, 2.45) is 0 Å². The van der Waals surface area contributed by atoms with Crippen molar-refractivity contribution in [2.75, 3.05) is 12.8 Å². The molecular weight excluding hydrogens is 268 g/mol. The van der Waals surface area contributed by atoms with E-state index in [1.54, 1.807) is 7.11 Å². The lowest BCUT2D eigenvalue weighted by Gasteiger charge is -2.26. The summed E-state index contributed by atoms with van der Waals surface area (Å²) in [6.07, 6.45) is 2.97. The van der Waals surface area contributed by atoms with E-state index in [-0.39, 0.29) is 11.9 Å². The Kier molecular flexibility index (Phi) is 3.51. The van der Waals surface area contributed by atoms with Gasteiger partial charge in [0, 0.05) is 6.07 Å². The molecule has 21 heavy (non-hydrogen) atoms. The fourth-order valence-electron chi connectivity index (χ4n) is 2.76. The van der Waals surface area contributed by atoms with Crippen molar-refractivity contribution in [1.82, 2.24) is 15.5 Å². The van der Waals surface area contributed by atoms with Gasteiger partial charge in [-0.3, -0.25) is 9.89 Å². The first-order valence-electron chi connectivity index (χ1n) is 6.96. The van der Waals surface area contributed by atoms with Crippen LogP contribution < -0.4 is 15.8 Å². The Hall–Kier alpha value is -2.50. The molecule has 6 nitrogen and oxygen atoms in total. The monoisotopic (exact) mass is 286 g/mol. The maximum Gasteiger partial charge on any atom is 0.269 e. The number of benzene rings is 1. The first-order valence-corrected chi connectivity index (χ1v) is 6.96. The molecule has 3 rings (SSSR count). The molecule has 0 spiro atoms. The standard InChI is InChI=1S/C15H18N4O2/c1-21-10-5-6-11-9(7-10)3-2-4-12(11)17-15(20)13-8-14(16)19-18-13/h5-8,12H,2-4H2,1H3,(H,17,20)(H3,16,18,19). The van der Waals surface area contributed by atoms with Crippen molar-refractivity contribution in [3.05, 3.63) is 41.1 Å². The van der Waals surface area contributed by atoms with Gasteiger partial charge in [-0.15, -0.1) is 0 Å². The summed E-state index contributed by atoms with van der Waals surface area (Å²) in [5, 5.41) is 9.44. The van der Waals surface area contributed by atoms with Gasteiger partial charge in [0.1, 0.15) is 17.3 Å². The number of nitrogens with one attached hydrogen (secondary N) is 2. The summed E-state index contributed by atoms with van der Waals surface area (Å²) in [5.74, 6) is 0.976. The number of carbonyl (C=O) groups is 1. The number of aromatic amines is 1. The van der Waals surface area contributed by atoms with Crippen molar-refractivity contribution in [1.29, 1.82) is 0 Å². The largest absolute Gasteiger partial charge is 0.497 e. The Labute approximate surface area is 122 Å². The second-order valence-electron chi connectivity index (χ2n) is 5.19. The number of H-pyrrole nitrogens is 1. The molecule has 0 saturated heterocycles. The summed E-state index contributed by atoms with van der Waals surface area (Å²) in [4.78, 5) is 12.2. The number of nitrogen functional groups attached to an aromatic ring is 1. The van der Waals surface area contributed by atoms with E-state index < -0.39 is 0 Å². The van der Waals surface area contributed by atoms with Gasteiger partial charge >= 0.3 is 0 Å². The number of aryl methyl sites for hydroxylation is 1. The Morgan fingerprint density at radius 3 is 3.05 bits per heavy atom. The molecule has 0 bridgehead atoms. The molecule has 6 heteroatoms. The van der Waals surface area contributed by atoms with Crippen LogP contribution in [0.2, 0.25) is 0 Å². The average Bonchev–Trinajstić information content (AvgIpc) is 2.93. The predicted molar refractivity (Wildman–Crippen MR) is 79.1 cm³/mol. The fraction of sp³-hybridized carbons (Fsp3) is 0.333. The predicted octanol–water partition coefficient (Wildman–Crippen LogP) is 1.81. The molecule has 0 aliphatic heterocycles. The van der Waals surface area contributed by atoms with Gasteiger partial charge in [0.25, 0.3) is 5.91 Å². The van der Waals surface area contributed by atoms with E-state index in [9.17, 15) is 4.79 Å². The minimum Gasteiger partial charge on any atom is -0.497 e. The number of carbonyl (C=O) groups excluding carboxylic acids is 1. The fourth-order valence-corrected chi connectivity index (χ4v) is 2.76. The summed E-state index contributed by atoms with van der Waals surface area (Å²) in [6, 6.07) is 7.54. The number of aromatic nitrogens is 2. The van der Waals surface area contributed by atoms with Crippen LogP contribution in [0, 0.1) is 0 Å². The Balaban J connectivity index is 1.80. The molecule has 2 aromatic rings. The zero-order chi connectivity index (χ0) is 14.8. The van der Waals surface area contributed by atoms with Crippen LogP contribution in [0.4, 0.5) is 5.82 Å². The molecule has 0 radical (unpaired) electrons. The molecule has 1 heterocycles. The highest BCUT2D eigenvalue weighted by Gasteiger charge is 2.23. The first kappa shape index (κ1) is 13.5. The van der Waals surface area contributed by atoms with Crippen molar-refractivity contribution in [2.45, 2.75) is 25.3 Å². The van der Waals surface area contributed by atoms with Gasteiger partial charge < -0.3 is 15.8 Å². The summed E-state index contributed by atoms with van der Waals surface area (Å²) in [7, 11) is 1.66. The maximum atomic E-state index is 12.2. The quantitative estimate of drug-likeness (QED) is 0.802. The Bertz CT molecular complexity index is 665. The van der Waals surface area contributed by atoms with E-state index in [2.05, 4.69) is 15.5 Å². The van der Waals surface area contributed by atoms with E-state index in [4.69, 9.17) is 10.5 Å². The smallest absolute Gasteiger partial charge is 0.269 e. The number of amides is 1. The van der Waals surface area contributed by atoms with Crippen LogP contribution in [-0.4, -0.2) is 23.2 Å². The summed E-state index contributed by atoms with van der Waals surface area (Å²) >= 11 is 0. The molecule has 1 amide bonds. The number of fused-ring (bicyclic) bond motifs is 1. The number of nitrogens with two attached hydrogens (primary N) is 1. The molecule has 1 aromatic carbocycles. The van der Waals surface area contributed by atoms with Gasteiger partial charge in [-0.25, -0.2) is 0 Å². The molecule has 1 aromatic heterocycles. The highest BCUT2D eigenvalue weighted by Crippen LogP contribution is 2.32. The first-order chi connectivity index (χ1) is 10.2. The molecule has 1 unspecified atom stereocenters. The third-order valence-corrected chi connectivity index (χ3v) is 3.81. The molecular formula is C15H18N4O2. The molecule has 4 N–H and O–H groups in total. The van der Waals surface area contributed by atoms with Gasteiger partial charge in [0.2, 0.25) is 0 Å². The minimum atomic E-state index is -0.187. The van der Waals surface area contributed by atoms with E-state index in [1.165, 1.54) is 11.6 Å². The zero-order valence-electron chi connectivity index (χ0n) is 11.8. The van der Waals surface area contributed by atoms with Crippen molar-refractivity contribution < 1.29 is 9.53 Å². The third kappa shape index (κ3) is 2.69. The van der Waals surface area contributed by atoms with Crippen LogP contribution in [0.15, 0.2) is 24.3 Å². The second-order valence-corrected chi connectivity index (χ2v) is 5.19. The Morgan fingerprint density at radius 2 is 2.33 bits per heavy atom. The third-order valence-electron chi connectivity index (χ3n) is 3.81. The van der Waals surface area contributed by atoms with Crippen molar-refractivity contribution >= 4 is 11.7 Å². The van der Waals surface area contributed by atoms with Crippen LogP contribution in [0.25, 0.3) is 0 Å². The van der Waals surface area contributed by atoms with E-state index in [0.29, 0.717) is 11.5 Å². The van der Waals surface area contributed by atoms with Crippen molar-refractivity contribution in [3.63, 3.8) is 0 Å². The lowest BCUT2D eigenvalue weighted by Crippen LogP contribution is -2.31. The van der Waals surface area contributed by atoms with E-state index in [1.807, 2.05) is 18.2 Å². The summed E-state index contributed by atoms with van der Waals surface area (Å²) in [6.45, 7) is 0. The van der Waals surface area contributed by atoms with Gasteiger partial charge in [0.15, 0.2) is 0 Å². The number of hydrogen-bond donors (Lipinski definition) is 3. The zero-order valence-corrected chi connectivity index (χ0v) is 11.8. The SMILES string of the molecule is COc1ccc2c(c1)CCCC2NC(=O)c1cc(N)n[nH]1. The Morgan fingerprint density at radius 1 is 1.48 bits per heavy atom. The average molecular weight is 286 g/mol. The summed E-state index contributed by atoms with van der Waals surface area (Å²) < 4.78 is 5.25. The maximum absolute atomic E-state index is 12.2. The minimum absolute atomic E-state index is 0.0108. The molecule has 0 fully saturated rings. The van der Waals surface area contributed by atoms with Crippen LogP contribution >= 0.6 is 0 Å². The summed E-state index contributed by atoms with van der Waals surface area (Å²) in [5.41, 5.74) is 8.29. The van der Waals surface area contributed by atoms with Gasteiger partial charge in [0.05, 0.1) is 13.2 Å².